The Balaban J connectivity index is 2.12. The Morgan fingerprint density at radius 3 is 2.86 bits per heavy atom. The number of unbranched alkanes of at least 4 members (excludes halogenated alkanes) is 1. The molecule has 0 bridgehead atoms. The molecule has 6 heteroatoms. The van der Waals surface area contributed by atoms with Crippen molar-refractivity contribution in [2.75, 3.05) is 11.9 Å². The number of hydrogen-bond donors (Lipinski definition) is 2. The quantitative estimate of drug-likeness (QED) is 0.811. The molecule has 1 atom stereocenters. The second kappa shape index (κ2) is 7.80. The van der Waals surface area contributed by atoms with Crippen LogP contribution in [0.5, 0.6) is 0 Å². The Bertz CT molecular complexity index is 511. The number of halogens is 1. The molecule has 1 unspecified atom stereocenters. The van der Waals surface area contributed by atoms with Gasteiger partial charge in [0.15, 0.2) is 0 Å². The smallest absolute Gasteiger partial charge is 0.287 e. The number of aromatic nitrogens is 2. The Morgan fingerprint density at radius 2 is 2.24 bits per heavy atom. The molecule has 21 heavy (non-hydrogen) atoms. The molecule has 1 aromatic rings. The van der Waals surface area contributed by atoms with E-state index in [0.717, 1.165) is 12.8 Å². The summed E-state index contributed by atoms with van der Waals surface area (Å²) < 4.78 is 1.43. The average Bonchev–Trinajstić information content (AvgIpc) is 3.02. The van der Waals surface area contributed by atoms with Gasteiger partial charge in [-0.1, -0.05) is 37.8 Å². The molecule has 0 aliphatic heterocycles. The fourth-order valence-corrected chi connectivity index (χ4v) is 3.16. The number of nitrogens with zero attached hydrogens (tertiary/aromatic N) is 2. The van der Waals surface area contributed by atoms with E-state index in [-0.39, 0.29) is 16.6 Å². The van der Waals surface area contributed by atoms with Crippen LogP contribution in [-0.4, -0.2) is 22.4 Å². The zero-order valence-corrected chi connectivity index (χ0v) is 13.4. The van der Waals surface area contributed by atoms with Gasteiger partial charge >= 0.3 is 0 Å². The zero-order valence-electron chi connectivity index (χ0n) is 12.6. The third-order valence-corrected chi connectivity index (χ3v) is 4.64. The van der Waals surface area contributed by atoms with Crippen LogP contribution in [0.4, 0.5) is 5.69 Å². The molecule has 0 aromatic carbocycles. The van der Waals surface area contributed by atoms with Crippen LogP contribution in [0.25, 0.3) is 0 Å². The van der Waals surface area contributed by atoms with E-state index >= 15 is 0 Å². The summed E-state index contributed by atoms with van der Waals surface area (Å²) in [5.74, 6) is 0.564. The van der Waals surface area contributed by atoms with E-state index in [4.69, 9.17) is 17.3 Å². The molecule has 1 aromatic heterocycles. The molecule has 0 amide bonds. The summed E-state index contributed by atoms with van der Waals surface area (Å²) in [6.45, 7) is 3.23. The fourth-order valence-electron chi connectivity index (χ4n) is 2.96. The number of nitrogens with two attached hydrogens (primary N) is 1. The first-order chi connectivity index (χ1) is 10.2. The number of aryl methyl sites for hydroxylation is 1. The van der Waals surface area contributed by atoms with Crippen molar-refractivity contribution < 1.29 is 0 Å². The van der Waals surface area contributed by atoms with Crippen LogP contribution in [0.15, 0.2) is 11.0 Å². The van der Waals surface area contributed by atoms with Gasteiger partial charge in [0, 0.05) is 19.1 Å². The molecule has 1 aliphatic rings. The second-order valence-corrected chi connectivity index (χ2v) is 6.16. The standard InChI is InChI=1S/C15H25ClN4O/c1-2-3-8-20-15(21)14(16)13(10-18-20)19-12(9-17)11-6-4-5-7-11/h10-12,19H,2-9,17H2,1H3. The maximum absolute atomic E-state index is 12.2. The van der Waals surface area contributed by atoms with Gasteiger partial charge in [-0.15, -0.1) is 0 Å². The van der Waals surface area contributed by atoms with Crippen molar-refractivity contribution in [1.82, 2.24) is 9.78 Å². The van der Waals surface area contributed by atoms with Crippen LogP contribution in [0.2, 0.25) is 5.02 Å². The molecule has 1 fully saturated rings. The van der Waals surface area contributed by atoms with Crippen LogP contribution in [0.3, 0.4) is 0 Å². The Hall–Kier alpha value is -1.07. The van der Waals surface area contributed by atoms with E-state index in [1.165, 1.54) is 30.4 Å². The first-order valence-electron chi connectivity index (χ1n) is 7.89. The van der Waals surface area contributed by atoms with Crippen molar-refractivity contribution in [1.29, 1.82) is 0 Å². The van der Waals surface area contributed by atoms with Gasteiger partial charge in [0.1, 0.15) is 5.02 Å². The van der Waals surface area contributed by atoms with Crippen LogP contribution in [-0.2, 0) is 6.54 Å². The molecule has 1 saturated carbocycles. The Labute approximate surface area is 130 Å². The molecule has 3 N–H and O–H groups in total. The first-order valence-corrected chi connectivity index (χ1v) is 8.27. The van der Waals surface area contributed by atoms with Crippen LogP contribution < -0.4 is 16.6 Å². The van der Waals surface area contributed by atoms with E-state index in [1.54, 1.807) is 6.20 Å². The maximum Gasteiger partial charge on any atom is 0.287 e. The van der Waals surface area contributed by atoms with Gasteiger partial charge in [-0.3, -0.25) is 4.79 Å². The SMILES string of the molecule is CCCCn1ncc(NC(CN)C2CCCC2)c(Cl)c1=O. The zero-order chi connectivity index (χ0) is 15.2. The molecule has 0 spiro atoms. The lowest BCUT2D eigenvalue weighted by Crippen LogP contribution is -2.36. The van der Waals surface area contributed by atoms with Gasteiger partial charge < -0.3 is 11.1 Å². The fraction of sp³-hybridized carbons (Fsp3) is 0.733. The Kier molecular flexibility index (Phi) is 6.06. The van der Waals surface area contributed by atoms with Crippen LogP contribution in [0, 0.1) is 5.92 Å². The number of hydrogen-bond acceptors (Lipinski definition) is 4. The molecule has 1 heterocycles. The van der Waals surface area contributed by atoms with E-state index in [0.29, 0.717) is 24.7 Å². The van der Waals surface area contributed by atoms with Gasteiger partial charge in [0.25, 0.3) is 5.56 Å². The summed E-state index contributed by atoms with van der Waals surface area (Å²) in [5.41, 5.74) is 6.26. The summed E-state index contributed by atoms with van der Waals surface area (Å²) in [6.07, 6.45) is 8.48. The highest BCUT2D eigenvalue weighted by Crippen LogP contribution is 2.29. The van der Waals surface area contributed by atoms with Crippen molar-refractivity contribution >= 4 is 17.3 Å². The average molecular weight is 313 g/mol. The monoisotopic (exact) mass is 312 g/mol. The number of anilines is 1. The maximum atomic E-state index is 12.2. The summed E-state index contributed by atoms with van der Waals surface area (Å²) in [5, 5.41) is 7.76. The minimum Gasteiger partial charge on any atom is -0.378 e. The lowest BCUT2D eigenvalue weighted by atomic mass is 9.98. The van der Waals surface area contributed by atoms with Crippen molar-refractivity contribution in [2.45, 2.75) is 58.0 Å². The van der Waals surface area contributed by atoms with Crippen molar-refractivity contribution in [2.24, 2.45) is 11.7 Å². The third kappa shape index (κ3) is 3.98. The van der Waals surface area contributed by atoms with Crippen molar-refractivity contribution in [3.05, 3.63) is 21.6 Å². The van der Waals surface area contributed by atoms with Crippen molar-refractivity contribution in [3.63, 3.8) is 0 Å². The predicted molar refractivity (Wildman–Crippen MR) is 86.8 cm³/mol. The summed E-state index contributed by atoms with van der Waals surface area (Å²) in [4.78, 5) is 12.2. The molecule has 0 saturated heterocycles. The minimum absolute atomic E-state index is 0.165. The molecule has 2 rings (SSSR count). The molecular weight excluding hydrogens is 288 g/mol. The largest absolute Gasteiger partial charge is 0.378 e. The minimum atomic E-state index is -0.225. The van der Waals surface area contributed by atoms with Gasteiger partial charge in [0.2, 0.25) is 0 Å². The van der Waals surface area contributed by atoms with E-state index < -0.39 is 0 Å². The number of rotatable bonds is 7. The van der Waals surface area contributed by atoms with Crippen LogP contribution in [0.1, 0.15) is 45.4 Å². The summed E-state index contributed by atoms with van der Waals surface area (Å²) >= 11 is 6.21. The van der Waals surface area contributed by atoms with Crippen LogP contribution >= 0.6 is 11.6 Å². The number of nitrogens with one attached hydrogen (secondary N) is 1. The molecule has 5 nitrogen and oxygen atoms in total. The highest BCUT2D eigenvalue weighted by atomic mass is 35.5. The van der Waals surface area contributed by atoms with E-state index in [2.05, 4.69) is 17.3 Å². The highest BCUT2D eigenvalue weighted by Gasteiger charge is 2.25. The van der Waals surface area contributed by atoms with Gasteiger partial charge in [-0.2, -0.15) is 5.10 Å². The third-order valence-electron chi connectivity index (χ3n) is 4.27. The van der Waals surface area contributed by atoms with Crippen molar-refractivity contribution in [3.8, 4) is 0 Å². The molecule has 118 valence electrons. The van der Waals surface area contributed by atoms with Gasteiger partial charge in [-0.25, -0.2) is 4.68 Å². The molecule has 0 radical (unpaired) electrons. The Morgan fingerprint density at radius 1 is 1.52 bits per heavy atom. The van der Waals surface area contributed by atoms with Gasteiger partial charge in [0.05, 0.1) is 11.9 Å². The molecule has 1 aliphatic carbocycles. The first kappa shape index (κ1) is 16.3. The normalized spacial score (nSPS) is 17.1. The molecular formula is C15H25ClN4O. The van der Waals surface area contributed by atoms with E-state index in [9.17, 15) is 4.79 Å². The second-order valence-electron chi connectivity index (χ2n) is 5.79. The lowest BCUT2D eigenvalue weighted by molar-refractivity contribution is 0.461. The van der Waals surface area contributed by atoms with Gasteiger partial charge in [-0.05, 0) is 25.2 Å². The summed E-state index contributed by atoms with van der Waals surface area (Å²) in [6, 6.07) is 0.165. The predicted octanol–water partition coefficient (Wildman–Crippen LogP) is 2.63. The summed E-state index contributed by atoms with van der Waals surface area (Å²) in [7, 11) is 0. The van der Waals surface area contributed by atoms with E-state index in [1.807, 2.05) is 0 Å². The highest BCUT2D eigenvalue weighted by molar-refractivity contribution is 6.32. The lowest BCUT2D eigenvalue weighted by Gasteiger charge is -2.24. The topological polar surface area (TPSA) is 72.9 Å².